The first kappa shape index (κ1) is 15.6. The lowest BCUT2D eigenvalue weighted by Gasteiger charge is -2.20. The average molecular weight is 314 g/mol. The van der Waals surface area contributed by atoms with Crippen molar-refractivity contribution in [3.63, 3.8) is 0 Å². The number of hydrogen-bond acceptors (Lipinski definition) is 6. The average Bonchev–Trinajstić information content (AvgIpc) is 2.87. The van der Waals surface area contributed by atoms with E-state index < -0.39 is 10.0 Å². The third-order valence-electron chi connectivity index (χ3n) is 3.26. The second-order valence-electron chi connectivity index (χ2n) is 4.95. The molecule has 0 bridgehead atoms. The number of likely N-dealkylation sites (N-methyl/N-ethyl adjacent to an activating group) is 1. The molecule has 1 amide bonds. The molecule has 21 heavy (non-hydrogen) atoms. The molecule has 1 aliphatic rings. The van der Waals surface area contributed by atoms with Gasteiger partial charge in [0, 0.05) is 32.3 Å². The summed E-state index contributed by atoms with van der Waals surface area (Å²) in [6.45, 7) is 0.811. The van der Waals surface area contributed by atoms with Gasteiger partial charge in [-0.25, -0.2) is 8.42 Å². The van der Waals surface area contributed by atoms with Crippen molar-refractivity contribution in [3.8, 4) is 5.88 Å². The summed E-state index contributed by atoms with van der Waals surface area (Å²) in [7, 11) is -1.97. The van der Waals surface area contributed by atoms with E-state index in [2.05, 4.69) is 10.2 Å². The van der Waals surface area contributed by atoms with Gasteiger partial charge < -0.3 is 9.64 Å². The van der Waals surface area contributed by atoms with E-state index in [1.54, 1.807) is 23.2 Å². The van der Waals surface area contributed by atoms with Crippen LogP contribution in [-0.4, -0.2) is 72.8 Å². The summed E-state index contributed by atoms with van der Waals surface area (Å²) >= 11 is 0. The van der Waals surface area contributed by atoms with Gasteiger partial charge in [0.2, 0.25) is 21.8 Å². The Hall–Kier alpha value is -1.74. The molecule has 8 nitrogen and oxygen atoms in total. The highest BCUT2D eigenvalue weighted by molar-refractivity contribution is 7.88. The van der Waals surface area contributed by atoms with E-state index in [4.69, 9.17) is 4.74 Å². The zero-order valence-corrected chi connectivity index (χ0v) is 12.8. The number of likely N-dealkylation sites (tertiary alicyclic amines) is 1. The number of ether oxygens (including phenoxy) is 1. The third kappa shape index (κ3) is 4.36. The van der Waals surface area contributed by atoms with Gasteiger partial charge in [-0.1, -0.05) is 0 Å². The Bertz CT molecular complexity index is 593. The van der Waals surface area contributed by atoms with Crippen LogP contribution in [0.25, 0.3) is 0 Å². The fraction of sp³-hybridized carbons (Fsp3) is 0.583. The Labute approximate surface area is 123 Å². The first-order chi connectivity index (χ1) is 9.86. The summed E-state index contributed by atoms with van der Waals surface area (Å²) in [5.74, 6) is 0.193. The Morgan fingerprint density at radius 2 is 2.33 bits per heavy atom. The van der Waals surface area contributed by atoms with Crippen molar-refractivity contribution in [2.45, 2.75) is 12.5 Å². The molecule has 1 aromatic heterocycles. The van der Waals surface area contributed by atoms with E-state index in [-0.39, 0.29) is 18.6 Å². The van der Waals surface area contributed by atoms with E-state index in [1.807, 2.05) is 0 Å². The topological polar surface area (TPSA) is 92.7 Å². The summed E-state index contributed by atoms with van der Waals surface area (Å²) in [5.41, 5.74) is 0. The second-order valence-corrected chi connectivity index (χ2v) is 7.04. The third-order valence-corrected chi connectivity index (χ3v) is 4.52. The smallest absolute Gasteiger partial charge is 0.238 e. The normalized spacial score (nSPS) is 19.0. The summed E-state index contributed by atoms with van der Waals surface area (Å²) in [6.07, 6.45) is 3.17. The summed E-state index contributed by atoms with van der Waals surface area (Å²) in [5, 5.41) is 7.55. The van der Waals surface area contributed by atoms with Crippen molar-refractivity contribution >= 4 is 15.9 Å². The molecule has 116 valence electrons. The quantitative estimate of drug-likeness (QED) is 0.717. The lowest BCUT2D eigenvalue weighted by atomic mass is 10.3. The summed E-state index contributed by atoms with van der Waals surface area (Å²) < 4.78 is 29.3. The van der Waals surface area contributed by atoms with E-state index in [1.165, 1.54) is 7.05 Å². The molecular weight excluding hydrogens is 296 g/mol. The van der Waals surface area contributed by atoms with Crippen LogP contribution in [0.15, 0.2) is 18.3 Å². The largest absolute Gasteiger partial charge is 0.471 e. The Kier molecular flexibility index (Phi) is 4.73. The van der Waals surface area contributed by atoms with Crippen LogP contribution < -0.4 is 4.74 Å². The molecule has 0 aliphatic carbocycles. The highest BCUT2D eigenvalue weighted by Crippen LogP contribution is 2.16. The van der Waals surface area contributed by atoms with Crippen LogP contribution in [0, 0.1) is 0 Å². The predicted octanol–water partition coefficient (Wildman–Crippen LogP) is -0.652. The molecule has 0 saturated carbocycles. The molecule has 0 spiro atoms. The molecule has 0 radical (unpaired) electrons. The zero-order valence-electron chi connectivity index (χ0n) is 12.0. The summed E-state index contributed by atoms with van der Waals surface area (Å²) in [6, 6.07) is 3.43. The zero-order chi connectivity index (χ0) is 15.5. The van der Waals surface area contributed by atoms with Gasteiger partial charge in [-0.2, -0.15) is 9.40 Å². The van der Waals surface area contributed by atoms with Gasteiger partial charge in [0.25, 0.3) is 0 Å². The molecule has 1 saturated heterocycles. The molecule has 0 unspecified atom stereocenters. The lowest BCUT2D eigenvalue weighted by molar-refractivity contribution is -0.130. The Morgan fingerprint density at radius 1 is 1.57 bits per heavy atom. The molecule has 2 heterocycles. The monoisotopic (exact) mass is 314 g/mol. The number of amides is 1. The Morgan fingerprint density at radius 3 is 2.95 bits per heavy atom. The molecule has 0 aromatic carbocycles. The van der Waals surface area contributed by atoms with E-state index >= 15 is 0 Å². The number of aromatic nitrogens is 2. The number of rotatable bonds is 5. The molecule has 0 N–H and O–H groups in total. The fourth-order valence-electron chi connectivity index (χ4n) is 1.98. The molecular formula is C12H18N4O4S. The van der Waals surface area contributed by atoms with Crippen molar-refractivity contribution in [1.82, 2.24) is 19.4 Å². The summed E-state index contributed by atoms with van der Waals surface area (Å²) in [4.78, 5) is 13.6. The van der Waals surface area contributed by atoms with Crippen LogP contribution in [0.3, 0.4) is 0 Å². The second kappa shape index (κ2) is 6.35. The molecule has 1 fully saturated rings. The van der Waals surface area contributed by atoms with Crippen molar-refractivity contribution in [2.75, 3.05) is 32.9 Å². The van der Waals surface area contributed by atoms with Gasteiger partial charge in [0.05, 0.1) is 19.3 Å². The van der Waals surface area contributed by atoms with E-state index in [9.17, 15) is 13.2 Å². The van der Waals surface area contributed by atoms with Gasteiger partial charge >= 0.3 is 0 Å². The maximum atomic E-state index is 12.0. The molecule has 1 aliphatic heterocycles. The van der Waals surface area contributed by atoms with Crippen LogP contribution in [-0.2, 0) is 14.8 Å². The molecule has 1 aromatic rings. The lowest BCUT2D eigenvalue weighted by Crippen LogP contribution is -2.40. The maximum absolute atomic E-state index is 12.0. The van der Waals surface area contributed by atoms with Gasteiger partial charge in [-0.3, -0.25) is 4.79 Å². The minimum Gasteiger partial charge on any atom is -0.471 e. The number of hydrogen-bond donors (Lipinski definition) is 0. The highest BCUT2D eigenvalue weighted by Gasteiger charge is 2.29. The van der Waals surface area contributed by atoms with Gasteiger partial charge in [0.1, 0.15) is 6.10 Å². The van der Waals surface area contributed by atoms with Gasteiger partial charge in [0.15, 0.2) is 0 Å². The number of carbonyl (C=O) groups is 1. The van der Waals surface area contributed by atoms with Crippen molar-refractivity contribution in [2.24, 2.45) is 0 Å². The maximum Gasteiger partial charge on any atom is 0.238 e. The van der Waals surface area contributed by atoms with E-state index in [0.717, 1.165) is 10.6 Å². The van der Waals surface area contributed by atoms with Crippen LogP contribution in [0.4, 0.5) is 0 Å². The van der Waals surface area contributed by atoms with Crippen LogP contribution in [0.1, 0.15) is 6.42 Å². The predicted molar refractivity (Wildman–Crippen MR) is 75.1 cm³/mol. The Balaban J connectivity index is 1.86. The van der Waals surface area contributed by atoms with Crippen LogP contribution >= 0.6 is 0 Å². The van der Waals surface area contributed by atoms with Crippen molar-refractivity contribution in [1.29, 1.82) is 0 Å². The molecule has 1 atom stereocenters. The van der Waals surface area contributed by atoms with Crippen LogP contribution in [0.2, 0.25) is 0 Å². The standard InChI is InChI=1S/C12H18N4O4S/c1-15(21(2,18)19)9-12(17)16-7-5-10(8-16)20-11-4-3-6-13-14-11/h3-4,6,10H,5,7-9H2,1-2H3/t10-/m1/s1. The highest BCUT2D eigenvalue weighted by atomic mass is 32.2. The SMILES string of the molecule is CN(CC(=O)N1CC[C@@H](Oc2cccnn2)C1)S(C)(=O)=O. The minimum atomic E-state index is -3.35. The molecule has 2 rings (SSSR count). The fourth-order valence-corrected chi connectivity index (χ4v) is 2.32. The van der Waals surface area contributed by atoms with E-state index in [0.29, 0.717) is 25.4 Å². The van der Waals surface area contributed by atoms with Crippen molar-refractivity contribution < 1.29 is 17.9 Å². The van der Waals surface area contributed by atoms with Crippen LogP contribution in [0.5, 0.6) is 5.88 Å². The van der Waals surface area contributed by atoms with Gasteiger partial charge in [-0.05, 0) is 6.07 Å². The first-order valence-electron chi connectivity index (χ1n) is 6.49. The van der Waals surface area contributed by atoms with Gasteiger partial charge in [-0.15, -0.1) is 5.10 Å². The van der Waals surface area contributed by atoms with Crippen molar-refractivity contribution in [3.05, 3.63) is 18.3 Å². The first-order valence-corrected chi connectivity index (χ1v) is 8.34. The number of nitrogens with zero attached hydrogens (tertiary/aromatic N) is 4. The minimum absolute atomic E-state index is 0.144. The number of sulfonamides is 1. The molecule has 9 heteroatoms. The number of carbonyl (C=O) groups excluding carboxylic acids is 1.